The maximum absolute atomic E-state index is 13.9. The highest BCUT2D eigenvalue weighted by molar-refractivity contribution is 6.34. The third-order valence-corrected chi connectivity index (χ3v) is 4.74. The van der Waals surface area contributed by atoms with Crippen LogP contribution in [0.15, 0.2) is 36.5 Å². The minimum Gasteiger partial charge on any atom is -0.496 e. The van der Waals surface area contributed by atoms with Crippen LogP contribution in [0.1, 0.15) is 12.1 Å². The van der Waals surface area contributed by atoms with E-state index in [1.54, 1.807) is 19.4 Å². The molecule has 0 amide bonds. The average Bonchev–Trinajstić information content (AvgIpc) is 3.06. The van der Waals surface area contributed by atoms with Crippen LogP contribution < -0.4 is 10.1 Å². The van der Waals surface area contributed by atoms with Crippen molar-refractivity contribution in [2.45, 2.75) is 6.42 Å². The van der Waals surface area contributed by atoms with Crippen LogP contribution in [-0.4, -0.2) is 30.2 Å². The second-order valence-corrected chi connectivity index (χ2v) is 6.36. The lowest BCUT2D eigenvalue weighted by molar-refractivity contribution is 0.415. The van der Waals surface area contributed by atoms with E-state index >= 15 is 0 Å². The molecule has 0 saturated carbocycles. The van der Waals surface area contributed by atoms with E-state index in [1.165, 1.54) is 17.7 Å². The number of nitrogens with one attached hydrogen (secondary N) is 2. The van der Waals surface area contributed by atoms with Crippen molar-refractivity contribution in [3.05, 3.63) is 53.1 Å². The van der Waals surface area contributed by atoms with Crippen molar-refractivity contribution in [2.75, 3.05) is 20.2 Å². The van der Waals surface area contributed by atoms with Crippen LogP contribution in [0.2, 0.25) is 5.02 Å². The lowest BCUT2D eigenvalue weighted by atomic mass is 10.0. The molecule has 4 nitrogen and oxygen atoms in total. The lowest BCUT2D eigenvalue weighted by Gasteiger charge is -2.12. The summed E-state index contributed by atoms with van der Waals surface area (Å²) >= 11 is 6.44. The van der Waals surface area contributed by atoms with Crippen molar-refractivity contribution in [3.8, 4) is 16.9 Å². The summed E-state index contributed by atoms with van der Waals surface area (Å²) in [5.41, 5.74) is 4.32. The summed E-state index contributed by atoms with van der Waals surface area (Å²) in [6, 6.07) is 6.45. The van der Waals surface area contributed by atoms with Gasteiger partial charge in [0.2, 0.25) is 0 Å². The van der Waals surface area contributed by atoms with Gasteiger partial charge in [-0.3, -0.25) is 0 Å². The summed E-state index contributed by atoms with van der Waals surface area (Å²) in [4.78, 5) is 7.75. The topological polar surface area (TPSA) is 49.9 Å². The Bertz CT molecular complexity index is 980. The van der Waals surface area contributed by atoms with E-state index in [-0.39, 0.29) is 5.82 Å². The quantitative estimate of drug-likeness (QED) is 0.730. The molecule has 1 aliphatic heterocycles. The number of aromatic amines is 1. The molecule has 1 aliphatic rings. The number of pyridine rings is 1. The first-order valence-electron chi connectivity index (χ1n) is 8.08. The normalized spacial score (nSPS) is 14.6. The van der Waals surface area contributed by atoms with Crippen LogP contribution in [-0.2, 0) is 0 Å². The summed E-state index contributed by atoms with van der Waals surface area (Å²) in [5.74, 6) is 0.230. The molecule has 4 rings (SSSR count). The van der Waals surface area contributed by atoms with E-state index in [2.05, 4.69) is 21.4 Å². The Labute approximate surface area is 149 Å². The maximum Gasteiger partial charge on any atom is 0.138 e. The second-order valence-electron chi connectivity index (χ2n) is 5.95. The fourth-order valence-corrected chi connectivity index (χ4v) is 3.49. The van der Waals surface area contributed by atoms with Crippen molar-refractivity contribution in [3.63, 3.8) is 0 Å². The standard InChI is InChI=1S/C19H17ClFN3O/c1-25-17-3-2-12(21)8-13(17)18-14-9-16(11-4-6-22-7-5-11)24-19(14)23-10-15(18)20/h2-4,8-10,22H,5-7H2,1H3,(H,23,24). The predicted octanol–water partition coefficient (Wildman–Crippen LogP) is 4.41. The van der Waals surface area contributed by atoms with Gasteiger partial charge in [0.05, 0.1) is 12.1 Å². The first kappa shape index (κ1) is 16.1. The van der Waals surface area contributed by atoms with Gasteiger partial charge in [-0.2, -0.15) is 0 Å². The molecule has 6 heteroatoms. The fourth-order valence-electron chi connectivity index (χ4n) is 3.24. The minimum atomic E-state index is -0.339. The smallest absolute Gasteiger partial charge is 0.138 e. The first-order valence-corrected chi connectivity index (χ1v) is 8.46. The van der Waals surface area contributed by atoms with Gasteiger partial charge in [-0.05, 0) is 42.8 Å². The van der Waals surface area contributed by atoms with Crippen LogP contribution in [0.4, 0.5) is 4.39 Å². The molecule has 1 aromatic carbocycles. The molecular weight excluding hydrogens is 341 g/mol. The van der Waals surface area contributed by atoms with E-state index in [1.807, 2.05) is 6.07 Å². The molecule has 0 atom stereocenters. The van der Waals surface area contributed by atoms with Gasteiger partial charge in [0, 0.05) is 34.9 Å². The maximum atomic E-state index is 13.9. The molecule has 0 fully saturated rings. The highest BCUT2D eigenvalue weighted by Crippen LogP contribution is 2.40. The van der Waals surface area contributed by atoms with E-state index in [9.17, 15) is 4.39 Å². The molecule has 3 aromatic rings. The van der Waals surface area contributed by atoms with Gasteiger partial charge >= 0.3 is 0 Å². The Morgan fingerprint density at radius 2 is 2.16 bits per heavy atom. The highest BCUT2D eigenvalue weighted by Gasteiger charge is 2.18. The van der Waals surface area contributed by atoms with Gasteiger partial charge in [-0.25, -0.2) is 9.37 Å². The molecule has 0 spiro atoms. The zero-order chi connectivity index (χ0) is 17.4. The van der Waals surface area contributed by atoms with Crippen molar-refractivity contribution in [2.24, 2.45) is 0 Å². The summed E-state index contributed by atoms with van der Waals surface area (Å²) in [6.07, 6.45) is 4.69. The number of benzene rings is 1. The Morgan fingerprint density at radius 3 is 2.92 bits per heavy atom. The third kappa shape index (κ3) is 2.90. The Morgan fingerprint density at radius 1 is 1.28 bits per heavy atom. The number of rotatable bonds is 3. The molecule has 2 aromatic heterocycles. The molecule has 25 heavy (non-hydrogen) atoms. The van der Waals surface area contributed by atoms with E-state index < -0.39 is 0 Å². The van der Waals surface area contributed by atoms with Crippen LogP contribution >= 0.6 is 11.6 Å². The fraction of sp³-hybridized carbons (Fsp3) is 0.211. The zero-order valence-electron chi connectivity index (χ0n) is 13.7. The third-order valence-electron chi connectivity index (χ3n) is 4.45. The number of fused-ring (bicyclic) bond motifs is 1. The Balaban J connectivity index is 1.95. The number of methoxy groups -OCH3 is 1. The zero-order valence-corrected chi connectivity index (χ0v) is 14.5. The molecule has 128 valence electrons. The Kier molecular flexibility index (Phi) is 4.19. The minimum absolute atomic E-state index is 0.339. The molecule has 0 radical (unpaired) electrons. The van der Waals surface area contributed by atoms with E-state index in [4.69, 9.17) is 16.3 Å². The number of hydrogen-bond donors (Lipinski definition) is 2. The number of aromatic nitrogens is 2. The van der Waals surface area contributed by atoms with Crippen molar-refractivity contribution in [1.29, 1.82) is 0 Å². The number of nitrogens with zero attached hydrogens (tertiary/aromatic N) is 1. The number of ether oxygens (including phenoxy) is 1. The molecule has 3 heterocycles. The molecule has 0 bridgehead atoms. The van der Waals surface area contributed by atoms with Crippen molar-refractivity contribution in [1.82, 2.24) is 15.3 Å². The van der Waals surface area contributed by atoms with Crippen molar-refractivity contribution >= 4 is 28.2 Å². The van der Waals surface area contributed by atoms with Crippen LogP contribution in [0, 0.1) is 5.82 Å². The summed E-state index contributed by atoms with van der Waals surface area (Å²) in [7, 11) is 1.56. The lowest BCUT2D eigenvalue weighted by Crippen LogP contribution is -2.20. The molecule has 0 saturated heterocycles. The van der Waals surface area contributed by atoms with E-state index in [0.29, 0.717) is 16.3 Å². The van der Waals surface area contributed by atoms with Crippen molar-refractivity contribution < 1.29 is 9.13 Å². The SMILES string of the molecule is COc1ccc(F)cc1-c1c(Cl)cnc2[nH]c(C3=CCNCC3)cc12. The predicted molar refractivity (Wildman–Crippen MR) is 98.5 cm³/mol. The van der Waals surface area contributed by atoms with Gasteiger partial charge in [-0.1, -0.05) is 17.7 Å². The van der Waals surface area contributed by atoms with Crippen LogP contribution in [0.25, 0.3) is 27.7 Å². The number of H-pyrrole nitrogens is 1. The van der Waals surface area contributed by atoms with Gasteiger partial charge in [0.1, 0.15) is 17.2 Å². The highest BCUT2D eigenvalue weighted by atomic mass is 35.5. The van der Waals surface area contributed by atoms with Gasteiger partial charge in [-0.15, -0.1) is 0 Å². The van der Waals surface area contributed by atoms with Crippen LogP contribution in [0.5, 0.6) is 5.75 Å². The average molecular weight is 358 g/mol. The largest absolute Gasteiger partial charge is 0.496 e. The molecule has 0 aliphatic carbocycles. The van der Waals surface area contributed by atoms with Gasteiger partial charge in [0.15, 0.2) is 0 Å². The van der Waals surface area contributed by atoms with Crippen LogP contribution in [0.3, 0.4) is 0 Å². The van der Waals surface area contributed by atoms with E-state index in [0.717, 1.165) is 41.8 Å². The first-order chi connectivity index (χ1) is 12.2. The van der Waals surface area contributed by atoms with Gasteiger partial charge in [0.25, 0.3) is 0 Å². The molecule has 2 N–H and O–H groups in total. The summed E-state index contributed by atoms with van der Waals surface area (Å²) in [6.45, 7) is 1.80. The summed E-state index contributed by atoms with van der Waals surface area (Å²) in [5, 5.41) is 4.61. The second kappa shape index (κ2) is 6.50. The summed E-state index contributed by atoms with van der Waals surface area (Å²) < 4.78 is 19.3. The molecular formula is C19H17ClFN3O. The number of halogens is 2. The molecule has 0 unspecified atom stereocenters. The van der Waals surface area contributed by atoms with Gasteiger partial charge < -0.3 is 15.0 Å². The Hall–Kier alpha value is -2.37. The monoisotopic (exact) mass is 357 g/mol. The number of hydrogen-bond acceptors (Lipinski definition) is 3.